The van der Waals surface area contributed by atoms with Crippen molar-refractivity contribution in [3.63, 3.8) is 0 Å². The number of piperidine rings is 1. The average molecular weight is 351 g/mol. The molecule has 134 valence electrons. The van der Waals surface area contributed by atoms with E-state index in [4.69, 9.17) is 0 Å². The first-order valence-corrected chi connectivity index (χ1v) is 9.78. The third-order valence-electron chi connectivity index (χ3n) is 4.55. The van der Waals surface area contributed by atoms with Crippen LogP contribution in [0.25, 0.3) is 0 Å². The molecule has 0 spiro atoms. The van der Waals surface area contributed by atoms with Gasteiger partial charge in [-0.25, -0.2) is 0 Å². The van der Waals surface area contributed by atoms with Crippen LogP contribution in [0.3, 0.4) is 0 Å². The van der Waals surface area contributed by atoms with Crippen molar-refractivity contribution in [2.75, 3.05) is 33.2 Å². The molecular formula is C18H30N4OS. The lowest BCUT2D eigenvalue weighted by Gasteiger charge is -2.31. The molecule has 0 radical (unpaired) electrons. The molecule has 1 aliphatic rings. The van der Waals surface area contributed by atoms with Gasteiger partial charge < -0.3 is 15.5 Å². The van der Waals surface area contributed by atoms with Crippen LogP contribution in [0.15, 0.2) is 21.8 Å². The van der Waals surface area contributed by atoms with Gasteiger partial charge in [-0.05, 0) is 47.1 Å². The third kappa shape index (κ3) is 5.82. The zero-order valence-electron chi connectivity index (χ0n) is 15.0. The van der Waals surface area contributed by atoms with Crippen molar-refractivity contribution in [2.45, 2.75) is 39.0 Å². The van der Waals surface area contributed by atoms with Gasteiger partial charge in [0.25, 0.3) is 0 Å². The van der Waals surface area contributed by atoms with Gasteiger partial charge in [-0.1, -0.05) is 13.8 Å². The molecule has 2 rings (SSSR count). The molecule has 1 aliphatic heterocycles. The summed E-state index contributed by atoms with van der Waals surface area (Å²) in [4.78, 5) is 18.5. The number of nitrogens with zero attached hydrogens (tertiary/aromatic N) is 2. The number of guanidine groups is 1. The molecule has 1 aromatic rings. The zero-order valence-corrected chi connectivity index (χ0v) is 15.9. The number of nitrogens with one attached hydrogen (secondary N) is 2. The number of carbonyl (C=O) groups excluding carboxylic acids is 1. The molecule has 0 bridgehead atoms. The summed E-state index contributed by atoms with van der Waals surface area (Å²) in [5.41, 5.74) is 1.34. The van der Waals surface area contributed by atoms with Crippen molar-refractivity contribution in [3.05, 3.63) is 22.4 Å². The fourth-order valence-electron chi connectivity index (χ4n) is 3.01. The third-order valence-corrected chi connectivity index (χ3v) is 5.25. The van der Waals surface area contributed by atoms with Crippen molar-refractivity contribution in [1.82, 2.24) is 15.5 Å². The second-order valence-electron chi connectivity index (χ2n) is 6.67. The predicted molar refractivity (Wildman–Crippen MR) is 102 cm³/mol. The van der Waals surface area contributed by atoms with E-state index < -0.39 is 0 Å². The molecule has 0 aromatic carbocycles. The van der Waals surface area contributed by atoms with Crippen LogP contribution in [0.5, 0.6) is 0 Å². The molecule has 1 aromatic heterocycles. The maximum atomic E-state index is 12.3. The van der Waals surface area contributed by atoms with E-state index in [1.165, 1.54) is 12.0 Å². The minimum absolute atomic E-state index is 0.246. The first kappa shape index (κ1) is 18.8. The van der Waals surface area contributed by atoms with E-state index in [2.05, 4.69) is 46.3 Å². The van der Waals surface area contributed by atoms with Crippen LogP contribution < -0.4 is 10.6 Å². The van der Waals surface area contributed by atoms with Gasteiger partial charge in [0.15, 0.2) is 5.96 Å². The number of thiophene rings is 1. The summed E-state index contributed by atoms with van der Waals surface area (Å²) in [6.45, 7) is 7.68. The van der Waals surface area contributed by atoms with E-state index in [-0.39, 0.29) is 5.91 Å². The lowest BCUT2D eigenvalue weighted by atomic mass is 10.00. The van der Waals surface area contributed by atoms with Crippen molar-refractivity contribution >= 4 is 23.2 Å². The van der Waals surface area contributed by atoms with E-state index in [9.17, 15) is 4.79 Å². The van der Waals surface area contributed by atoms with Crippen LogP contribution in [-0.2, 0) is 4.79 Å². The Kier molecular flexibility index (Phi) is 7.56. The molecule has 5 nitrogen and oxygen atoms in total. The van der Waals surface area contributed by atoms with Gasteiger partial charge in [-0.15, -0.1) is 0 Å². The topological polar surface area (TPSA) is 56.7 Å². The maximum absolute atomic E-state index is 12.3. The van der Waals surface area contributed by atoms with Gasteiger partial charge >= 0.3 is 0 Å². The summed E-state index contributed by atoms with van der Waals surface area (Å²) >= 11 is 1.72. The van der Waals surface area contributed by atoms with Gasteiger partial charge in [0, 0.05) is 39.6 Å². The van der Waals surface area contributed by atoms with E-state index in [0.29, 0.717) is 24.8 Å². The highest BCUT2D eigenvalue weighted by molar-refractivity contribution is 7.07. The SMILES string of the molecule is CN=C(NCCC(=O)N1CCCC(C)C1)NCC(C)c1ccsc1. The van der Waals surface area contributed by atoms with Crippen molar-refractivity contribution < 1.29 is 4.79 Å². The average Bonchev–Trinajstić information content (AvgIpc) is 3.12. The van der Waals surface area contributed by atoms with E-state index in [1.807, 2.05) is 4.90 Å². The van der Waals surface area contributed by atoms with Crippen LogP contribution in [0.1, 0.15) is 44.6 Å². The van der Waals surface area contributed by atoms with Crippen molar-refractivity contribution in [2.24, 2.45) is 10.9 Å². The summed E-state index contributed by atoms with van der Waals surface area (Å²) in [6.07, 6.45) is 2.89. The Hall–Kier alpha value is -1.56. The number of amides is 1. The first-order valence-electron chi connectivity index (χ1n) is 8.84. The maximum Gasteiger partial charge on any atom is 0.224 e. The second-order valence-corrected chi connectivity index (χ2v) is 7.45. The van der Waals surface area contributed by atoms with E-state index in [0.717, 1.165) is 32.0 Å². The highest BCUT2D eigenvalue weighted by atomic mass is 32.1. The fourth-order valence-corrected chi connectivity index (χ4v) is 3.79. The Morgan fingerprint density at radius 1 is 1.50 bits per heavy atom. The summed E-state index contributed by atoms with van der Waals surface area (Å²) < 4.78 is 0. The molecule has 0 saturated carbocycles. The number of hydrogen-bond acceptors (Lipinski definition) is 3. The monoisotopic (exact) mass is 350 g/mol. The van der Waals surface area contributed by atoms with Crippen LogP contribution in [-0.4, -0.2) is 50.0 Å². The molecule has 24 heavy (non-hydrogen) atoms. The van der Waals surface area contributed by atoms with Crippen LogP contribution in [0, 0.1) is 5.92 Å². The van der Waals surface area contributed by atoms with E-state index >= 15 is 0 Å². The highest BCUT2D eigenvalue weighted by Gasteiger charge is 2.20. The largest absolute Gasteiger partial charge is 0.356 e. The highest BCUT2D eigenvalue weighted by Crippen LogP contribution is 2.17. The molecule has 2 unspecified atom stereocenters. The van der Waals surface area contributed by atoms with Gasteiger partial charge in [-0.2, -0.15) is 11.3 Å². The summed E-state index contributed by atoms with van der Waals surface area (Å²) in [7, 11) is 1.76. The number of aliphatic imine (C=N–C) groups is 1. The lowest BCUT2D eigenvalue weighted by molar-refractivity contribution is -0.132. The number of hydrogen-bond donors (Lipinski definition) is 2. The Labute approximate surface area is 149 Å². The molecule has 6 heteroatoms. The number of likely N-dealkylation sites (tertiary alicyclic amines) is 1. The lowest BCUT2D eigenvalue weighted by Crippen LogP contribution is -2.43. The fraction of sp³-hybridized carbons (Fsp3) is 0.667. The van der Waals surface area contributed by atoms with Gasteiger partial charge in [0.1, 0.15) is 0 Å². The minimum atomic E-state index is 0.246. The van der Waals surface area contributed by atoms with Crippen LogP contribution >= 0.6 is 11.3 Å². The predicted octanol–water partition coefficient (Wildman–Crippen LogP) is 2.67. The normalized spacial score (nSPS) is 19.9. The van der Waals surface area contributed by atoms with Gasteiger partial charge in [0.05, 0.1) is 0 Å². The zero-order chi connectivity index (χ0) is 17.4. The molecule has 2 heterocycles. The smallest absolute Gasteiger partial charge is 0.224 e. The Balaban J connectivity index is 1.67. The Morgan fingerprint density at radius 3 is 3.00 bits per heavy atom. The Morgan fingerprint density at radius 2 is 2.33 bits per heavy atom. The van der Waals surface area contributed by atoms with Crippen molar-refractivity contribution in [1.29, 1.82) is 0 Å². The molecule has 1 amide bonds. The second kappa shape index (κ2) is 9.67. The number of carbonyl (C=O) groups is 1. The molecular weight excluding hydrogens is 320 g/mol. The quantitative estimate of drug-likeness (QED) is 0.613. The standard InChI is InChI=1S/C18H30N4OS/c1-14-5-4-9-22(12-14)17(23)6-8-20-18(19-3)21-11-15(2)16-7-10-24-13-16/h7,10,13-15H,4-6,8-9,11-12H2,1-3H3,(H2,19,20,21). The van der Waals surface area contributed by atoms with Crippen LogP contribution in [0.4, 0.5) is 0 Å². The Bertz CT molecular complexity index is 529. The number of rotatable bonds is 6. The summed E-state index contributed by atoms with van der Waals surface area (Å²) in [5, 5.41) is 10.9. The molecule has 1 saturated heterocycles. The van der Waals surface area contributed by atoms with Gasteiger partial charge in [0.2, 0.25) is 5.91 Å². The molecule has 2 atom stereocenters. The molecule has 1 fully saturated rings. The summed E-state index contributed by atoms with van der Waals surface area (Å²) in [5.74, 6) is 2.07. The molecule has 0 aliphatic carbocycles. The summed E-state index contributed by atoms with van der Waals surface area (Å²) in [6, 6.07) is 2.16. The van der Waals surface area contributed by atoms with Crippen LogP contribution in [0.2, 0.25) is 0 Å². The van der Waals surface area contributed by atoms with Crippen molar-refractivity contribution in [3.8, 4) is 0 Å². The van der Waals surface area contributed by atoms with Gasteiger partial charge in [-0.3, -0.25) is 9.79 Å². The van der Waals surface area contributed by atoms with E-state index in [1.54, 1.807) is 18.4 Å². The minimum Gasteiger partial charge on any atom is -0.356 e. The molecule has 2 N–H and O–H groups in total. The first-order chi connectivity index (χ1) is 11.6.